The Morgan fingerprint density at radius 3 is 2.94 bits per heavy atom. The van der Waals surface area contributed by atoms with Gasteiger partial charge in [-0.1, -0.05) is 0 Å². The van der Waals surface area contributed by atoms with Gasteiger partial charge in [0.25, 0.3) is 0 Å². The minimum absolute atomic E-state index is 0.324. The SMILES string of the molecule is COC1CCCC1Nc1ccc(N)cc1Br. The van der Waals surface area contributed by atoms with Crippen LogP contribution in [0.15, 0.2) is 22.7 Å². The first-order chi connectivity index (χ1) is 7.70. The third-order valence-electron chi connectivity index (χ3n) is 3.09. The number of benzene rings is 1. The Morgan fingerprint density at radius 1 is 1.44 bits per heavy atom. The Kier molecular flexibility index (Phi) is 3.71. The molecule has 0 bridgehead atoms. The Morgan fingerprint density at radius 2 is 2.25 bits per heavy atom. The predicted octanol–water partition coefficient (Wildman–Crippen LogP) is 3.01. The van der Waals surface area contributed by atoms with Gasteiger partial charge in [0.15, 0.2) is 0 Å². The van der Waals surface area contributed by atoms with Crippen LogP contribution in [0.25, 0.3) is 0 Å². The van der Waals surface area contributed by atoms with Crippen LogP contribution in [-0.4, -0.2) is 19.3 Å². The van der Waals surface area contributed by atoms with Gasteiger partial charge in [-0.3, -0.25) is 0 Å². The molecule has 0 spiro atoms. The van der Waals surface area contributed by atoms with Gasteiger partial charge < -0.3 is 15.8 Å². The van der Waals surface area contributed by atoms with Crippen LogP contribution in [0.2, 0.25) is 0 Å². The van der Waals surface area contributed by atoms with Gasteiger partial charge in [-0.05, 0) is 53.4 Å². The van der Waals surface area contributed by atoms with E-state index in [2.05, 4.69) is 21.2 Å². The van der Waals surface area contributed by atoms with Gasteiger partial charge in [0.05, 0.1) is 12.1 Å². The quantitative estimate of drug-likeness (QED) is 0.839. The second-order valence-corrected chi connectivity index (χ2v) is 5.05. The summed E-state index contributed by atoms with van der Waals surface area (Å²) in [4.78, 5) is 0. The molecule has 0 saturated heterocycles. The van der Waals surface area contributed by atoms with E-state index in [4.69, 9.17) is 10.5 Å². The van der Waals surface area contributed by atoms with Gasteiger partial charge in [-0.15, -0.1) is 0 Å². The fraction of sp³-hybridized carbons (Fsp3) is 0.500. The van der Waals surface area contributed by atoms with Gasteiger partial charge in [0, 0.05) is 23.0 Å². The molecule has 1 aliphatic rings. The first-order valence-electron chi connectivity index (χ1n) is 5.55. The molecule has 0 amide bonds. The van der Waals surface area contributed by atoms with Crippen LogP contribution in [0, 0.1) is 0 Å². The van der Waals surface area contributed by atoms with E-state index in [0.29, 0.717) is 12.1 Å². The van der Waals surface area contributed by atoms with Crippen molar-refractivity contribution in [1.82, 2.24) is 0 Å². The van der Waals surface area contributed by atoms with Crippen molar-refractivity contribution in [1.29, 1.82) is 0 Å². The van der Waals surface area contributed by atoms with E-state index < -0.39 is 0 Å². The van der Waals surface area contributed by atoms with E-state index in [1.807, 2.05) is 18.2 Å². The first-order valence-corrected chi connectivity index (χ1v) is 6.34. The molecular formula is C12H17BrN2O. The summed E-state index contributed by atoms with van der Waals surface area (Å²) in [5, 5.41) is 3.51. The summed E-state index contributed by atoms with van der Waals surface area (Å²) in [5.74, 6) is 0. The van der Waals surface area contributed by atoms with Crippen molar-refractivity contribution in [2.45, 2.75) is 31.4 Å². The van der Waals surface area contributed by atoms with Gasteiger partial charge in [-0.25, -0.2) is 0 Å². The molecule has 3 nitrogen and oxygen atoms in total. The summed E-state index contributed by atoms with van der Waals surface area (Å²) in [6, 6.07) is 6.23. The van der Waals surface area contributed by atoms with E-state index in [0.717, 1.165) is 28.7 Å². The Hall–Kier alpha value is -0.740. The molecule has 88 valence electrons. The molecule has 2 rings (SSSR count). The highest BCUT2D eigenvalue weighted by Gasteiger charge is 2.27. The second kappa shape index (κ2) is 5.06. The number of hydrogen-bond acceptors (Lipinski definition) is 3. The number of nitrogens with one attached hydrogen (secondary N) is 1. The van der Waals surface area contributed by atoms with Crippen LogP contribution in [-0.2, 0) is 4.74 Å². The molecule has 0 radical (unpaired) electrons. The van der Waals surface area contributed by atoms with Gasteiger partial charge in [-0.2, -0.15) is 0 Å². The lowest BCUT2D eigenvalue weighted by Gasteiger charge is -2.21. The zero-order valence-electron chi connectivity index (χ0n) is 9.37. The normalized spacial score (nSPS) is 24.6. The summed E-state index contributed by atoms with van der Waals surface area (Å²) in [6.07, 6.45) is 3.85. The molecule has 1 aliphatic carbocycles. The van der Waals surface area contributed by atoms with E-state index in [1.54, 1.807) is 7.11 Å². The molecule has 0 aromatic heterocycles. The lowest BCUT2D eigenvalue weighted by atomic mass is 10.2. The highest BCUT2D eigenvalue weighted by molar-refractivity contribution is 9.10. The second-order valence-electron chi connectivity index (χ2n) is 4.20. The predicted molar refractivity (Wildman–Crippen MR) is 70.6 cm³/mol. The molecule has 1 fully saturated rings. The van der Waals surface area contributed by atoms with Crippen molar-refractivity contribution in [3.8, 4) is 0 Å². The maximum Gasteiger partial charge on any atom is 0.0772 e. The van der Waals surface area contributed by atoms with Crippen LogP contribution in [0.3, 0.4) is 0 Å². The van der Waals surface area contributed by atoms with E-state index in [1.165, 1.54) is 6.42 Å². The zero-order valence-corrected chi connectivity index (χ0v) is 11.0. The van der Waals surface area contributed by atoms with E-state index in [9.17, 15) is 0 Å². The molecule has 1 saturated carbocycles. The fourth-order valence-corrected chi connectivity index (χ4v) is 2.73. The number of ether oxygens (including phenoxy) is 1. The highest BCUT2D eigenvalue weighted by Crippen LogP contribution is 2.30. The Bertz CT molecular complexity index is 370. The number of nitrogens with two attached hydrogens (primary N) is 1. The maximum atomic E-state index is 5.71. The van der Waals surface area contributed by atoms with Crippen molar-refractivity contribution in [2.24, 2.45) is 0 Å². The van der Waals surface area contributed by atoms with Crippen LogP contribution in [0.4, 0.5) is 11.4 Å². The summed E-state index contributed by atoms with van der Waals surface area (Å²) >= 11 is 3.51. The molecule has 0 heterocycles. The third kappa shape index (κ3) is 2.50. The minimum Gasteiger partial charge on any atom is -0.399 e. The maximum absolute atomic E-state index is 5.71. The van der Waals surface area contributed by atoms with Crippen molar-refractivity contribution in [3.05, 3.63) is 22.7 Å². The third-order valence-corrected chi connectivity index (χ3v) is 3.75. The van der Waals surface area contributed by atoms with Gasteiger partial charge in [0.1, 0.15) is 0 Å². The van der Waals surface area contributed by atoms with E-state index >= 15 is 0 Å². The number of anilines is 2. The summed E-state index contributed by atoms with van der Waals surface area (Å²) in [6.45, 7) is 0. The molecule has 2 atom stereocenters. The Labute approximate surface area is 104 Å². The molecule has 1 aromatic rings. The van der Waals surface area contributed by atoms with Crippen LogP contribution >= 0.6 is 15.9 Å². The van der Waals surface area contributed by atoms with Gasteiger partial charge in [0.2, 0.25) is 0 Å². The molecule has 16 heavy (non-hydrogen) atoms. The van der Waals surface area contributed by atoms with Crippen molar-refractivity contribution < 1.29 is 4.74 Å². The molecule has 1 aromatic carbocycles. The van der Waals surface area contributed by atoms with Crippen LogP contribution in [0.1, 0.15) is 19.3 Å². The van der Waals surface area contributed by atoms with Crippen molar-refractivity contribution in [2.75, 3.05) is 18.2 Å². The molecule has 2 unspecified atom stereocenters. The van der Waals surface area contributed by atoms with Crippen LogP contribution < -0.4 is 11.1 Å². The molecular weight excluding hydrogens is 268 g/mol. The first kappa shape index (κ1) is 11.7. The fourth-order valence-electron chi connectivity index (χ4n) is 2.22. The number of methoxy groups -OCH3 is 1. The highest BCUT2D eigenvalue weighted by atomic mass is 79.9. The topological polar surface area (TPSA) is 47.3 Å². The number of rotatable bonds is 3. The van der Waals surface area contributed by atoms with Crippen LogP contribution in [0.5, 0.6) is 0 Å². The van der Waals surface area contributed by atoms with Crippen molar-refractivity contribution >= 4 is 27.3 Å². The summed E-state index contributed by atoms with van der Waals surface area (Å²) < 4.78 is 6.47. The molecule has 3 N–H and O–H groups in total. The summed E-state index contributed by atoms with van der Waals surface area (Å²) in [7, 11) is 1.78. The lowest BCUT2D eigenvalue weighted by Crippen LogP contribution is -2.29. The minimum atomic E-state index is 0.324. The number of nitrogen functional groups attached to an aromatic ring is 1. The van der Waals surface area contributed by atoms with Crippen molar-refractivity contribution in [3.63, 3.8) is 0 Å². The number of halogens is 1. The largest absolute Gasteiger partial charge is 0.399 e. The zero-order chi connectivity index (χ0) is 11.5. The van der Waals surface area contributed by atoms with E-state index in [-0.39, 0.29) is 0 Å². The summed E-state index contributed by atoms with van der Waals surface area (Å²) in [5.41, 5.74) is 7.56. The molecule has 4 heteroatoms. The smallest absolute Gasteiger partial charge is 0.0772 e. The average molecular weight is 285 g/mol. The lowest BCUT2D eigenvalue weighted by molar-refractivity contribution is 0.101. The Balaban J connectivity index is 2.08. The van der Waals surface area contributed by atoms with Gasteiger partial charge >= 0.3 is 0 Å². The number of hydrogen-bond donors (Lipinski definition) is 2. The molecule has 0 aliphatic heterocycles. The average Bonchev–Trinajstić information content (AvgIpc) is 2.69. The monoisotopic (exact) mass is 284 g/mol. The standard InChI is InChI=1S/C12H17BrN2O/c1-16-12-4-2-3-11(12)15-10-6-5-8(14)7-9(10)13/h5-7,11-12,15H,2-4,14H2,1H3.